The van der Waals surface area contributed by atoms with Gasteiger partial charge in [-0.25, -0.2) is 9.98 Å². The number of likely N-dealkylation sites (tertiary alicyclic amines) is 1. The van der Waals surface area contributed by atoms with Gasteiger partial charge in [-0.2, -0.15) is 0 Å². The number of hydrogen-bond acceptors (Lipinski definition) is 4. The Kier molecular flexibility index (Phi) is 3.38. The second kappa shape index (κ2) is 5.77. The van der Waals surface area contributed by atoms with Gasteiger partial charge in [0.15, 0.2) is 5.78 Å². The first-order chi connectivity index (χ1) is 12.7. The number of hydrogen-bond donors (Lipinski definition) is 0. The molecule has 1 aliphatic carbocycles. The number of nitrogens with zero attached hydrogens (tertiary/aromatic N) is 3. The van der Waals surface area contributed by atoms with Crippen LogP contribution in [-0.2, 0) is 0 Å². The molecular weight excluding hydrogens is 322 g/mol. The van der Waals surface area contributed by atoms with Gasteiger partial charge in [0.1, 0.15) is 11.4 Å². The summed E-state index contributed by atoms with van der Waals surface area (Å²) in [5, 5.41) is 0. The summed E-state index contributed by atoms with van der Waals surface area (Å²) < 4.78 is 0. The summed E-state index contributed by atoms with van der Waals surface area (Å²) in [5.41, 5.74) is 5.90. The molecule has 0 saturated carbocycles. The van der Waals surface area contributed by atoms with Crippen LogP contribution in [-0.4, -0.2) is 35.4 Å². The van der Waals surface area contributed by atoms with Gasteiger partial charge < -0.3 is 4.90 Å². The van der Waals surface area contributed by atoms with Gasteiger partial charge in [0.05, 0.1) is 5.57 Å². The summed E-state index contributed by atoms with van der Waals surface area (Å²) in [4.78, 5) is 25.2. The van der Waals surface area contributed by atoms with Crippen LogP contribution < -0.4 is 0 Å². The summed E-state index contributed by atoms with van der Waals surface area (Å²) in [6.45, 7) is 4.02. The van der Waals surface area contributed by atoms with Crippen molar-refractivity contribution in [3.05, 3.63) is 76.5 Å². The van der Waals surface area contributed by atoms with Gasteiger partial charge in [-0.05, 0) is 25.3 Å². The number of ketones is 1. The maximum Gasteiger partial charge on any atom is 0.226 e. The molecule has 0 radical (unpaired) electrons. The molecule has 0 aromatic heterocycles. The van der Waals surface area contributed by atoms with Crippen molar-refractivity contribution in [3.63, 3.8) is 0 Å². The van der Waals surface area contributed by atoms with Crippen molar-refractivity contribution in [3.8, 4) is 0 Å². The van der Waals surface area contributed by atoms with E-state index in [2.05, 4.69) is 4.90 Å². The van der Waals surface area contributed by atoms with E-state index in [1.165, 1.54) is 18.4 Å². The molecule has 3 aliphatic rings. The Morgan fingerprint density at radius 3 is 2.31 bits per heavy atom. The van der Waals surface area contributed by atoms with Gasteiger partial charge in [-0.3, -0.25) is 4.79 Å². The number of aryl methyl sites for hydroxylation is 1. The van der Waals surface area contributed by atoms with Crippen molar-refractivity contribution in [2.45, 2.75) is 19.8 Å². The van der Waals surface area contributed by atoms with E-state index >= 15 is 0 Å². The molecule has 26 heavy (non-hydrogen) atoms. The lowest BCUT2D eigenvalue weighted by Crippen LogP contribution is -2.25. The Morgan fingerprint density at radius 2 is 1.58 bits per heavy atom. The molecule has 4 nitrogen and oxygen atoms in total. The third-order valence-electron chi connectivity index (χ3n) is 5.27. The van der Waals surface area contributed by atoms with Crippen molar-refractivity contribution in [1.29, 1.82) is 0 Å². The summed E-state index contributed by atoms with van der Waals surface area (Å²) in [5.74, 6) is 0.784. The predicted molar refractivity (Wildman–Crippen MR) is 104 cm³/mol. The van der Waals surface area contributed by atoms with Gasteiger partial charge in [-0.15, -0.1) is 0 Å². The van der Waals surface area contributed by atoms with Crippen LogP contribution in [0.4, 0.5) is 0 Å². The highest BCUT2D eigenvalue weighted by Gasteiger charge is 2.35. The monoisotopic (exact) mass is 341 g/mol. The number of carbonyl (C=O) groups is 1. The maximum absolute atomic E-state index is 13.3. The number of rotatable bonds is 1. The summed E-state index contributed by atoms with van der Waals surface area (Å²) in [6.07, 6.45) is 2.34. The zero-order valence-corrected chi connectivity index (χ0v) is 14.7. The fourth-order valence-electron chi connectivity index (χ4n) is 3.87. The third-order valence-corrected chi connectivity index (χ3v) is 5.27. The maximum atomic E-state index is 13.3. The number of Topliss-reactive ketones (excluding diaryl/α,β-unsaturated/α-hetero) is 1. The van der Waals surface area contributed by atoms with Crippen molar-refractivity contribution >= 4 is 23.0 Å². The molecule has 2 heterocycles. The van der Waals surface area contributed by atoms with Gasteiger partial charge in [0.25, 0.3) is 0 Å². The first kappa shape index (κ1) is 15.3. The molecule has 0 amide bonds. The fourth-order valence-corrected chi connectivity index (χ4v) is 3.87. The molecule has 1 fully saturated rings. The lowest BCUT2D eigenvalue weighted by molar-refractivity contribution is 0.105. The third kappa shape index (κ3) is 2.25. The average Bonchev–Trinajstić information content (AvgIpc) is 3.33. The zero-order chi connectivity index (χ0) is 17.7. The Labute approximate surface area is 152 Å². The van der Waals surface area contributed by atoms with Crippen LogP contribution in [0.5, 0.6) is 0 Å². The van der Waals surface area contributed by atoms with Crippen molar-refractivity contribution in [2.75, 3.05) is 13.1 Å². The van der Waals surface area contributed by atoms with Crippen LogP contribution in [0.2, 0.25) is 0 Å². The quantitative estimate of drug-likeness (QED) is 0.791. The molecule has 0 spiro atoms. The summed E-state index contributed by atoms with van der Waals surface area (Å²) in [6, 6.07) is 15.8. The van der Waals surface area contributed by atoms with E-state index in [4.69, 9.17) is 9.98 Å². The minimum atomic E-state index is 0.0322. The van der Waals surface area contributed by atoms with Crippen LogP contribution >= 0.6 is 0 Å². The van der Waals surface area contributed by atoms with Crippen molar-refractivity contribution in [1.82, 2.24) is 4.90 Å². The lowest BCUT2D eigenvalue weighted by atomic mass is 9.84. The topological polar surface area (TPSA) is 45.0 Å². The van der Waals surface area contributed by atoms with Crippen LogP contribution in [0.25, 0.3) is 5.57 Å². The van der Waals surface area contributed by atoms with Crippen LogP contribution in [0.1, 0.15) is 39.9 Å². The molecule has 2 aliphatic heterocycles. The van der Waals surface area contributed by atoms with E-state index in [9.17, 15) is 4.79 Å². The van der Waals surface area contributed by atoms with E-state index in [1.807, 2.05) is 55.5 Å². The first-order valence-corrected chi connectivity index (χ1v) is 9.10. The first-order valence-electron chi connectivity index (χ1n) is 9.10. The van der Waals surface area contributed by atoms with Crippen LogP contribution in [0, 0.1) is 6.92 Å². The van der Waals surface area contributed by atoms with Crippen molar-refractivity contribution < 1.29 is 4.79 Å². The van der Waals surface area contributed by atoms with Gasteiger partial charge in [0.2, 0.25) is 5.96 Å². The predicted octanol–water partition coefficient (Wildman–Crippen LogP) is 3.86. The second-order valence-corrected chi connectivity index (χ2v) is 7.03. The highest BCUT2D eigenvalue weighted by molar-refractivity contribution is 6.43. The second-order valence-electron chi connectivity index (χ2n) is 7.03. The van der Waals surface area contributed by atoms with E-state index < -0.39 is 0 Å². The zero-order valence-electron chi connectivity index (χ0n) is 14.7. The molecule has 1 saturated heterocycles. The van der Waals surface area contributed by atoms with Crippen LogP contribution in [0.3, 0.4) is 0 Å². The smallest absolute Gasteiger partial charge is 0.226 e. The van der Waals surface area contributed by atoms with Crippen molar-refractivity contribution in [2.24, 2.45) is 9.98 Å². The van der Waals surface area contributed by atoms with Gasteiger partial charge in [-0.1, -0.05) is 54.1 Å². The largest absolute Gasteiger partial charge is 0.341 e. The normalized spacial score (nSPS) is 18.7. The molecule has 5 rings (SSSR count). The SMILES string of the molecule is Cc1ccc(C2=C3N=C(N4CCCC4)N=C3c3ccccc3C2=O)cc1. The fraction of sp³-hybridized carbons (Fsp3) is 0.227. The summed E-state index contributed by atoms with van der Waals surface area (Å²) in [7, 11) is 0. The molecule has 0 unspecified atom stereocenters. The minimum Gasteiger partial charge on any atom is -0.341 e. The molecule has 0 atom stereocenters. The number of carbonyl (C=O) groups excluding carboxylic acids is 1. The Bertz CT molecular complexity index is 1010. The Balaban J connectivity index is 1.73. The average molecular weight is 341 g/mol. The van der Waals surface area contributed by atoms with E-state index in [0.29, 0.717) is 11.1 Å². The molecule has 0 bridgehead atoms. The molecular formula is C22H19N3O. The molecule has 2 aromatic rings. The van der Waals surface area contributed by atoms with E-state index in [-0.39, 0.29) is 5.78 Å². The number of allylic oxidation sites excluding steroid dienone is 2. The molecule has 128 valence electrons. The highest BCUT2D eigenvalue weighted by Crippen LogP contribution is 2.36. The Hall–Kier alpha value is -3.01. The Morgan fingerprint density at radius 1 is 0.885 bits per heavy atom. The van der Waals surface area contributed by atoms with Gasteiger partial charge >= 0.3 is 0 Å². The molecule has 2 aromatic carbocycles. The summed E-state index contributed by atoms with van der Waals surface area (Å²) >= 11 is 0. The highest BCUT2D eigenvalue weighted by atomic mass is 16.1. The van der Waals surface area contributed by atoms with E-state index in [1.54, 1.807) is 0 Å². The van der Waals surface area contributed by atoms with E-state index in [0.717, 1.165) is 41.6 Å². The van der Waals surface area contributed by atoms with Crippen LogP contribution in [0.15, 0.2) is 64.2 Å². The molecule has 4 heteroatoms. The number of benzene rings is 2. The standard InChI is InChI=1S/C22H19N3O/c1-14-8-10-15(11-9-14)18-20-19(16-6-2-3-7-17(16)21(18)26)23-22(24-20)25-12-4-5-13-25/h2-3,6-11H,4-5,12-13H2,1H3. The molecule has 0 N–H and O–H groups in total. The van der Waals surface area contributed by atoms with Gasteiger partial charge in [0, 0.05) is 24.2 Å². The number of fused-ring (bicyclic) bond motifs is 3. The minimum absolute atomic E-state index is 0.0322. The number of aliphatic imine (C=N–C) groups is 2. The lowest BCUT2D eigenvalue weighted by Gasteiger charge is -2.19. The number of guanidine groups is 1.